The fourth-order valence-electron chi connectivity index (χ4n) is 2.90. The molecule has 8 nitrogen and oxygen atoms in total. The van der Waals surface area contributed by atoms with Crippen LogP contribution in [0.1, 0.15) is 40.2 Å². The van der Waals surface area contributed by atoms with Crippen molar-refractivity contribution in [3.8, 4) is 0 Å². The molecule has 3 rings (SSSR count). The van der Waals surface area contributed by atoms with Gasteiger partial charge in [0.05, 0.1) is 22.7 Å². The summed E-state index contributed by atoms with van der Waals surface area (Å²) >= 11 is 6.21. The van der Waals surface area contributed by atoms with Crippen molar-refractivity contribution in [2.24, 2.45) is 7.05 Å². The van der Waals surface area contributed by atoms with E-state index in [0.29, 0.717) is 18.2 Å². The van der Waals surface area contributed by atoms with Crippen molar-refractivity contribution in [2.45, 2.75) is 32.3 Å². The van der Waals surface area contributed by atoms with Gasteiger partial charge >= 0.3 is 0 Å². The number of aromatic amines is 1. The third kappa shape index (κ3) is 3.03. The zero-order chi connectivity index (χ0) is 17.4. The Morgan fingerprint density at radius 3 is 2.83 bits per heavy atom. The topological polar surface area (TPSA) is 88.9 Å². The van der Waals surface area contributed by atoms with E-state index >= 15 is 0 Å². The quantitative estimate of drug-likeness (QED) is 0.899. The molecule has 0 bridgehead atoms. The van der Waals surface area contributed by atoms with Crippen molar-refractivity contribution in [1.82, 2.24) is 29.9 Å². The average molecular weight is 353 g/mol. The zero-order valence-electron chi connectivity index (χ0n) is 14.2. The fourth-order valence-corrected chi connectivity index (χ4v) is 3.14. The highest BCUT2D eigenvalue weighted by atomic mass is 35.5. The molecule has 1 N–H and O–H groups in total. The molecular formula is C15H21ClN6O2. The number of ether oxygens (including phenoxy) is 1. The second-order valence-corrected chi connectivity index (χ2v) is 6.52. The van der Waals surface area contributed by atoms with Crippen LogP contribution in [0.15, 0.2) is 0 Å². The highest BCUT2D eigenvalue weighted by molar-refractivity contribution is 6.34. The van der Waals surface area contributed by atoms with E-state index in [1.165, 1.54) is 0 Å². The summed E-state index contributed by atoms with van der Waals surface area (Å²) in [6, 6.07) is 0. The number of hydrogen-bond acceptors (Lipinski definition) is 5. The van der Waals surface area contributed by atoms with E-state index in [-0.39, 0.29) is 23.6 Å². The monoisotopic (exact) mass is 352 g/mol. The Labute approximate surface area is 145 Å². The lowest BCUT2D eigenvalue weighted by molar-refractivity contribution is 0.0545. The maximum Gasteiger partial charge on any atom is 0.275 e. The first-order chi connectivity index (χ1) is 11.4. The number of nitrogens with one attached hydrogen (secondary N) is 1. The number of carbonyl (C=O) groups excluding carboxylic acids is 1. The molecule has 1 aliphatic rings. The molecule has 2 atom stereocenters. The molecule has 9 heteroatoms. The van der Waals surface area contributed by atoms with Gasteiger partial charge in [-0.25, -0.2) is 4.98 Å². The predicted octanol–water partition coefficient (Wildman–Crippen LogP) is 1.45. The van der Waals surface area contributed by atoms with Gasteiger partial charge in [0, 0.05) is 27.2 Å². The lowest BCUT2D eigenvalue weighted by atomic mass is 10.0. The van der Waals surface area contributed by atoms with Crippen LogP contribution in [0, 0.1) is 13.8 Å². The lowest BCUT2D eigenvalue weighted by Gasteiger charge is -2.23. The number of rotatable bonds is 4. The van der Waals surface area contributed by atoms with Crippen LogP contribution in [0.5, 0.6) is 0 Å². The summed E-state index contributed by atoms with van der Waals surface area (Å²) in [5.41, 5.74) is 1.03. The van der Waals surface area contributed by atoms with Gasteiger partial charge in [-0.3, -0.25) is 14.6 Å². The molecule has 1 saturated heterocycles. The predicted molar refractivity (Wildman–Crippen MR) is 88.1 cm³/mol. The number of aryl methyl sites for hydroxylation is 2. The second kappa shape index (κ2) is 6.52. The van der Waals surface area contributed by atoms with Crippen LogP contribution in [0.25, 0.3) is 0 Å². The van der Waals surface area contributed by atoms with Crippen molar-refractivity contribution in [2.75, 3.05) is 20.2 Å². The third-order valence-corrected chi connectivity index (χ3v) is 4.87. The number of likely N-dealkylation sites (N-methyl/N-ethyl adjacent to an activating group) is 1. The van der Waals surface area contributed by atoms with Crippen LogP contribution in [0.2, 0.25) is 5.02 Å². The van der Waals surface area contributed by atoms with Crippen LogP contribution < -0.4 is 0 Å². The number of carbonyl (C=O) groups is 1. The Morgan fingerprint density at radius 1 is 1.50 bits per heavy atom. The summed E-state index contributed by atoms with van der Waals surface area (Å²) in [6.07, 6.45) is 0.700. The summed E-state index contributed by atoms with van der Waals surface area (Å²) in [5.74, 6) is 1.37. The standard InChI is InChI=1S/C15H21ClN6O2/c1-8-12(16)13(20-22(8)4)15(23)21(3)7-11-10(5-6-24-11)14-17-9(2)18-19-14/h10-11H,5-7H2,1-4H3,(H,17,18,19)/t10-,11-/m1/s1. The van der Waals surface area contributed by atoms with E-state index in [0.717, 1.165) is 23.8 Å². The highest BCUT2D eigenvalue weighted by Crippen LogP contribution is 2.30. The van der Waals surface area contributed by atoms with Gasteiger partial charge in [-0.1, -0.05) is 11.6 Å². The average Bonchev–Trinajstić information content (AvgIpc) is 3.23. The molecule has 2 aromatic rings. The van der Waals surface area contributed by atoms with Gasteiger partial charge in [0.25, 0.3) is 5.91 Å². The first-order valence-corrected chi connectivity index (χ1v) is 8.21. The van der Waals surface area contributed by atoms with Gasteiger partial charge in [-0.05, 0) is 20.3 Å². The van der Waals surface area contributed by atoms with Crippen LogP contribution in [-0.4, -0.2) is 62.1 Å². The van der Waals surface area contributed by atoms with Crippen LogP contribution in [0.3, 0.4) is 0 Å². The van der Waals surface area contributed by atoms with Crippen molar-refractivity contribution < 1.29 is 9.53 Å². The van der Waals surface area contributed by atoms with Gasteiger partial charge in [0.15, 0.2) is 11.5 Å². The summed E-state index contributed by atoms with van der Waals surface area (Å²) < 4.78 is 7.40. The molecule has 1 amide bonds. The normalized spacial score (nSPS) is 20.5. The van der Waals surface area contributed by atoms with Gasteiger partial charge in [0.1, 0.15) is 5.82 Å². The Hall–Kier alpha value is -1.93. The second-order valence-electron chi connectivity index (χ2n) is 6.14. The maximum atomic E-state index is 12.6. The number of aromatic nitrogens is 5. The molecular weight excluding hydrogens is 332 g/mol. The zero-order valence-corrected chi connectivity index (χ0v) is 15.0. The number of nitrogens with zero attached hydrogens (tertiary/aromatic N) is 5. The van der Waals surface area contributed by atoms with Crippen LogP contribution >= 0.6 is 11.6 Å². The Kier molecular flexibility index (Phi) is 4.60. The number of hydrogen-bond donors (Lipinski definition) is 1. The van der Waals surface area contributed by atoms with Gasteiger partial charge in [-0.15, -0.1) is 0 Å². The molecule has 1 fully saturated rings. The molecule has 2 aromatic heterocycles. The largest absolute Gasteiger partial charge is 0.376 e. The Balaban J connectivity index is 1.72. The van der Waals surface area contributed by atoms with Gasteiger partial charge in [-0.2, -0.15) is 10.2 Å². The van der Waals surface area contributed by atoms with Gasteiger partial charge < -0.3 is 9.64 Å². The van der Waals surface area contributed by atoms with Crippen molar-refractivity contribution in [3.63, 3.8) is 0 Å². The smallest absolute Gasteiger partial charge is 0.275 e. The lowest BCUT2D eigenvalue weighted by Crippen LogP contribution is -2.36. The summed E-state index contributed by atoms with van der Waals surface area (Å²) in [6.45, 7) is 4.76. The van der Waals surface area contributed by atoms with E-state index in [4.69, 9.17) is 16.3 Å². The van der Waals surface area contributed by atoms with Crippen molar-refractivity contribution in [3.05, 3.63) is 28.1 Å². The van der Waals surface area contributed by atoms with Gasteiger partial charge in [0.2, 0.25) is 0 Å². The van der Waals surface area contributed by atoms with Crippen LogP contribution in [0.4, 0.5) is 0 Å². The molecule has 0 spiro atoms. The van der Waals surface area contributed by atoms with E-state index in [2.05, 4.69) is 20.3 Å². The SMILES string of the molecule is Cc1nc([C@@H]2CCO[C@@H]2CN(C)C(=O)c2nn(C)c(C)c2Cl)n[nH]1. The minimum absolute atomic E-state index is 0.0751. The molecule has 24 heavy (non-hydrogen) atoms. The van der Waals surface area contributed by atoms with Crippen molar-refractivity contribution in [1.29, 1.82) is 0 Å². The minimum Gasteiger partial charge on any atom is -0.376 e. The number of H-pyrrole nitrogens is 1. The molecule has 0 aromatic carbocycles. The molecule has 0 saturated carbocycles. The Morgan fingerprint density at radius 2 is 2.25 bits per heavy atom. The van der Waals surface area contributed by atoms with E-state index < -0.39 is 0 Å². The molecule has 3 heterocycles. The number of amides is 1. The maximum absolute atomic E-state index is 12.6. The third-order valence-electron chi connectivity index (χ3n) is 4.42. The van der Waals surface area contributed by atoms with E-state index in [1.807, 2.05) is 13.8 Å². The summed E-state index contributed by atoms with van der Waals surface area (Å²) in [5, 5.41) is 11.7. The highest BCUT2D eigenvalue weighted by Gasteiger charge is 2.35. The number of halogens is 1. The summed E-state index contributed by atoms with van der Waals surface area (Å²) in [7, 11) is 3.49. The Bertz CT molecular complexity index is 755. The molecule has 0 unspecified atom stereocenters. The fraction of sp³-hybridized carbons (Fsp3) is 0.600. The van der Waals surface area contributed by atoms with E-state index in [1.54, 1.807) is 23.7 Å². The van der Waals surface area contributed by atoms with Crippen LogP contribution in [-0.2, 0) is 11.8 Å². The van der Waals surface area contributed by atoms with E-state index in [9.17, 15) is 4.79 Å². The first kappa shape index (κ1) is 16.9. The minimum atomic E-state index is -0.218. The summed E-state index contributed by atoms with van der Waals surface area (Å²) in [4.78, 5) is 18.6. The molecule has 0 radical (unpaired) electrons. The molecule has 130 valence electrons. The first-order valence-electron chi connectivity index (χ1n) is 7.83. The molecule has 1 aliphatic heterocycles. The molecule has 0 aliphatic carbocycles. The van der Waals surface area contributed by atoms with Crippen molar-refractivity contribution >= 4 is 17.5 Å².